The van der Waals surface area contributed by atoms with E-state index < -0.39 is 0 Å². The van der Waals surface area contributed by atoms with Gasteiger partial charge in [0.1, 0.15) is 11.9 Å². The summed E-state index contributed by atoms with van der Waals surface area (Å²) in [4.78, 5) is 11.4. The second kappa shape index (κ2) is 4.61. The van der Waals surface area contributed by atoms with Gasteiger partial charge >= 0.3 is 0 Å². The van der Waals surface area contributed by atoms with Crippen LogP contribution < -0.4 is 10.1 Å². The number of hydrogen-bond acceptors (Lipinski definition) is 3. The van der Waals surface area contributed by atoms with Crippen LogP contribution in [-0.4, -0.2) is 23.2 Å². The van der Waals surface area contributed by atoms with Crippen LogP contribution in [0, 0.1) is 0 Å². The number of ether oxygens (including phenoxy) is 1. The molecule has 1 heterocycles. The van der Waals surface area contributed by atoms with Crippen molar-refractivity contribution in [3.05, 3.63) is 29.3 Å². The molecule has 0 aromatic heterocycles. The third-order valence-corrected chi connectivity index (χ3v) is 3.72. The number of carbonyl (C=O) groups excluding carboxylic acids is 1. The van der Waals surface area contributed by atoms with E-state index in [0.717, 1.165) is 42.6 Å². The minimum atomic E-state index is -0.369. The highest BCUT2D eigenvalue weighted by atomic mass is 16.5. The predicted octanol–water partition coefficient (Wildman–Crippen LogP) is 1.61. The number of fused-ring (bicyclic) bond motifs is 1. The van der Waals surface area contributed by atoms with Crippen LogP contribution >= 0.6 is 0 Å². The van der Waals surface area contributed by atoms with Crippen molar-refractivity contribution in [3.63, 3.8) is 0 Å². The van der Waals surface area contributed by atoms with Crippen molar-refractivity contribution in [2.24, 2.45) is 0 Å². The first-order valence-corrected chi connectivity index (χ1v) is 6.50. The van der Waals surface area contributed by atoms with Gasteiger partial charge in [-0.2, -0.15) is 0 Å². The highest BCUT2D eigenvalue weighted by Gasteiger charge is 2.25. The first kappa shape index (κ1) is 11.5. The summed E-state index contributed by atoms with van der Waals surface area (Å²) in [6.07, 6.45) is 3.41. The molecule has 2 unspecified atom stereocenters. The fourth-order valence-electron chi connectivity index (χ4n) is 2.67. The Balaban J connectivity index is 1.75. The van der Waals surface area contributed by atoms with E-state index in [-0.39, 0.29) is 18.1 Å². The number of carbonyl (C=O) groups is 1. The van der Waals surface area contributed by atoms with Gasteiger partial charge in [0.05, 0.1) is 6.10 Å². The van der Waals surface area contributed by atoms with Gasteiger partial charge in [-0.1, -0.05) is 6.42 Å². The second-order valence-corrected chi connectivity index (χ2v) is 5.01. The van der Waals surface area contributed by atoms with E-state index in [1.165, 1.54) is 0 Å². The molecular weight excluding hydrogens is 230 g/mol. The monoisotopic (exact) mass is 247 g/mol. The Kier molecular flexibility index (Phi) is 2.96. The Labute approximate surface area is 106 Å². The van der Waals surface area contributed by atoms with Gasteiger partial charge in [-0.25, -0.2) is 0 Å². The molecule has 1 aromatic carbocycles. The summed E-state index contributed by atoms with van der Waals surface area (Å²) in [7, 11) is 0. The van der Waals surface area contributed by atoms with Crippen LogP contribution in [0.15, 0.2) is 18.2 Å². The van der Waals surface area contributed by atoms with Crippen LogP contribution in [0.5, 0.6) is 5.75 Å². The van der Waals surface area contributed by atoms with Crippen LogP contribution in [-0.2, 0) is 6.54 Å². The number of aliphatic hydroxyl groups is 1. The normalized spacial score (nSPS) is 26.6. The quantitative estimate of drug-likeness (QED) is 0.834. The van der Waals surface area contributed by atoms with Gasteiger partial charge in [-0.15, -0.1) is 0 Å². The van der Waals surface area contributed by atoms with E-state index in [9.17, 15) is 9.90 Å². The third kappa shape index (κ3) is 2.08. The summed E-state index contributed by atoms with van der Waals surface area (Å²) in [6, 6.07) is 5.50. The Hall–Kier alpha value is -1.55. The number of amides is 1. The first-order valence-electron chi connectivity index (χ1n) is 6.50. The molecule has 0 spiro atoms. The Morgan fingerprint density at radius 1 is 1.28 bits per heavy atom. The molecule has 2 aliphatic rings. The van der Waals surface area contributed by atoms with Crippen LogP contribution in [0.2, 0.25) is 0 Å². The van der Waals surface area contributed by atoms with Gasteiger partial charge in [0.15, 0.2) is 0 Å². The first-order chi connectivity index (χ1) is 8.74. The molecule has 4 nitrogen and oxygen atoms in total. The van der Waals surface area contributed by atoms with E-state index in [0.29, 0.717) is 6.54 Å². The highest BCUT2D eigenvalue weighted by Crippen LogP contribution is 2.26. The summed E-state index contributed by atoms with van der Waals surface area (Å²) in [5.74, 6) is 0.727. The van der Waals surface area contributed by atoms with Crippen molar-refractivity contribution < 1.29 is 14.6 Å². The average molecular weight is 247 g/mol. The average Bonchev–Trinajstić information content (AvgIpc) is 2.74. The zero-order chi connectivity index (χ0) is 12.5. The maximum absolute atomic E-state index is 11.4. The van der Waals surface area contributed by atoms with Crippen molar-refractivity contribution in [2.45, 2.75) is 44.4 Å². The lowest BCUT2D eigenvalue weighted by Crippen LogP contribution is -2.34. The fourth-order valence-corrected chi connectivity index (χ4v) is 2.67. The summed E-state index contributed by atoms with van der Waals surface area (Å²) in [5.41, 5.74) is 1.70. The van der Waals surface area contributed by atoms with Gasteiger partial charge in [-0.05, 0) is 43.0 Å². The molecule has 2 atom stereocenters. The molecular formula is C14H17NO3. The topological polar surface area (TPSA) is 58.6 Å². The number of benzene rings is 1. The molecule has 0 bridgehead atoms. The second-order valence-electron chi connectivity index (χ2n) is 5.01. The minimum absolute atomic E-state index is 0.0192. The third-order valence-electron chi connectivity index (χ3n) is 3.72. The smallest absolute Gasteiger partial charge is 0.251 e. The lowest BCUT2D eigenvalue weighted by molar-refractivity contribution is 0.00684. The maximum atomic E-state index is 11.4. The fraction of sp³-hybridized carbons (Fsp3) is 0.500. The van der Waals surface area contributed by atoms with E-state index in [1.54, 1.807) is 6.07 Å². The summed E-state index contributed by atoms with van der Waals surface area (Å²) >= 11 is 0. The van der Waals surface area contributed by atoms with Crippen LogP contribution in [0.25, 0.3) is 0 Å². The number of rotatable bonds is 2. The molecule has 96 valence electrons. The summed E-state index contributed by atoms with van der Waals surface area (Å²) in [6.45, 7) is 0.568. The van der Waals surface area contributed by atoms with Crippen molar-refractivity contribution in [3.8, 4) is 5.75 Å². The van der Waals surface area contributed by atoms with E-state index >= 15 is 0 Å². The van der Waals surface area contributed by atoms with Crippen LogP contribution in [0.3, 0.4) is 0 Å². The SMILES string of the molecule is O=C1NCc2cc(OC3CCCCC3O)ccc21. The van der Waals surface area contributed by atoms with Crippen molar-refractivity contribution >= 4 is 5.91 Å². The molecule has 1 amide bonds. The minimum Gasteiger partial charge on any atom is -0.488 e. The molecule has 18 heavy (non-hydrogen) atoms. The van der Waals surface area contributed by atoms with Gasteiger partial charge < -0.3 is 15.2 Å². The lowest BCUT2D eigenvalue weighted by Gasteiger charge is -2.28. The largest absolute Gasteiger partial charge is 0.488 e. The molecule has 1 fully saturated rings. The van der Waals surface area contributed by atoms with E-state index in [1.807, 2.05) is 12.1 Å². The van der Waals surface area contributed by atoms with Gasteiger partial charge in [0, 0.05) is 12.1 Å². The molecule has 1 aliphatic carbocycles. The standard InChI is InChI=1S/C14H17NO3/c16-12-3-1-2-4-13(12)18-10-5-6-11-9(7-10)8-15-14(11)17/h5-7,12-13,16H,1-4,8H2,(H,15,17). The number of hydrogen-bond donors (Lipinski definition) is 2. The molecule has 2 N–H and O–H groups in total. The molecule has 1 aromatic rings. The zero-order valence-corrected chi connectivity index (χ0v) is 10.2. The molecule has 1 saturated carbocycles. The Bertz CT molecular complexity index is 472. The van der Waals surface area contributed by atoms with Gasteiger partial charge in [0.2, 0.25) is 0 Å². The maximum Gasteiger partial charge on any atom is 0.251 e. The molecule has 1 aliphatic heterocycles. The number of aliphatic hydroxyl groups excluding tert-OH is 1. The van der Waals surface area contributed by atoms with E-state index in [2.05, 4.69) is 5.32 Å². The van der Waals surface area contributed by atoms with E-state index in [4.69, 9.17) is 4.74 Å². The van der Waals surface area contributed by atoms with Gasteiger partial charge in [0.25, 0.3) is 5.91 Å². The van der Waals surface area contributed by atoms with Crippen LogP contribution in [0.1, 0.15) is 41.6 Å². The van der Waals surface area contributed by atoms with Gasteiger partial charge in [-0.3, -0.25) is 4.79 Å². The van der Waals surface area contributed by atoms with Crippen molar-refractivity contribution in [1.29, 1.82) is 0 Å². The summed E-state index contributed by atoms with van der Waals surface area (Å²) in [5, 5.41) is 12.7. The summed E-state index contributed by atoms with van der Waals surface area (Å²) < 4.78 is 5.84. The highest BCUT2D eigenvalue weighted by molar-refractivity contribution is 5.98. The Morgan fingerprint density at radius 2 is 2.11 bits per heavy atom. The predicted molar refractivity (Wildman–Crippen MR) is 66.5 cm³/mol. The lowest BCUT2D eigenvalue weighted by atomic mass is 9.95. The number of nitrogens with one attached hydrogen (secondary N) is 1. The van der Waals surface area contributed by atoms with Crippen molar-refractivity contribution in [1.82, 2.24) is 5.32 Å². The van der Waals surface area contributed by atoms with Crippen molar-refractivity contribution in [2.75, 3.05) is 0 Å². The molecule has 0 radical (unpaired) electrons. The molecule has 3 rings (SSSR count). The Morgan fingerprint density at radius 3 is 2.94 bits per heavy atom. The molecule has 0 saturated heterocycles. The van der Waals surface area contributed by atoms with Crippen LogP contribution in [0.4, 0.5) is 0 Å². The molecule has 4 heteroatoms. The zero-order valence-electron chi connectivity index (χ0n) is 10.2.